The zero-order valence-corrected chi connectivity index (χ0v) is 27.1. The predicted molar refractivity (Wildman–Crippen MR) is 176 cm³/mol. The van der Waals surface area contributed by atoms with Gasteiger partial charge in [-0.3, -0.25) is 9.59 Å². The van der Waals surface area contributed by atoms with Crippen LogP contribution in [-0.2, 0) is 9.59 Å². The number of nitrogens with two attached hydrogens (primary N) is 2. The molecule has 8 nitrogen and oxygen atoms in total. The maximum absolute atomic E-state index is 12.2. The van der Waals surface area contributed by atoms with Gasteiger partial charge in [0.1, 0.15) is 0 Å². The molecule has 244 valence electrons. The minimum Gasteiger partial charge on any atom is -0.356 e. The quantitative estimate of drug-likeness (QED) is 0.0583. The van der Waals surface area contributed by atoms with E-state index in [1.807, 2.05) is 0 Å². The highest BCUT2D eigenvalue weighted by molar-refractivity contribution is 5.81. The molecule has 1 unspecified atom stereocenters. The van der Waals surface area contributed by atoms with Gasteiger partial charge in [0.15, 0.2) is 0 Å². The highest BCUT2D eigenvalue weighted by atomic mass is 16.2. The number of amides is 2. The number of carbonyl (C=O) groups excluding carboxylic acids is 2. The smallest absolute Gasteiger partial charge is 0.236 e. The first-order valence-electron chi connectivity index (χ1n) is 17.5. The van der Waals surface area contributed by atoms with Gasteiger partial charge in [0.05, 0.1) is 6.04 Å². The van der Waals surface area contributed by atoms with Gasteiger partial charge in [0.2, 0.25) is 11.8 Å². The average Bonchev–Trinajstić information content (AvgIpc) is 2.97. The van der Waals surface area contributed by atoms with Gasteiger partial charge in [-0.25, -0.2) is 0 Å². The van der Waals surface area contributed by atoms with Crippen molar-refractivity contribution in [3.8, 4) is 0 Å². The Hall–Kier alpha value is -1.22. The van der Waals surface area contributed by atoms with E-state index in [-0.39, 0.29) is 11.8 Å². The molecule has 0 rings (SSSR count). The number of hydrogen-bond donors (Lipinski definition) is 6. The van der Waals surface area contributed by atoms with Crippen LogP contribution in [0.15, 0.2) is 0 Å². The number of hydrogen-bond acceptors (Lipinski definition) is 6. The van der Waals surface area contributed by atoms with Crippen molar-refractivity contribution in [1.29, 1.82) is 0 Å². The lowest BCUT2D eigenvalue weighted by atomic mass is 10.0. The molecule has 0 aromatic carbocycles. The molecule has 41 heavy (non-hydrogen) atoms. The van der Waals surface area contributed by atoms with Crippen molar-refractivity contribution in [2.45, 2.75) is 154 Å². The minimum absolute atomic E-state index is 0.0737. The Kier molecular flexibility index (Phi) is 32.3. The van der Waals surface area contributed by atoms with E-state index < -0.39 is 6.04 Å². The van der Waals surface area contributed by atoms with Crippen LogP contribution in [0.1, 0.15) is 148 Å². The number of carbonyl (C=O) groups is 2. The van der Waals surface area contributed by atoms with Crippen LogP contribution in [0.3, 0.4) is 0 Å². The van der Waals surface area contributed by atoms with Gasteiger partial charge in [-0.2, -0.15) is 0 Å². The van der Waals surface area contributed by atoms with Crippen LogP contribution >= 0.6 is 0 Å². The number of unbranched alkanes of at least 4 members (excludes halogenated alkanes) is 15. The van der Waals surface area contributed by atoms with Gasteiger partial charge < -0.3 is 32.7 Å². The van der Waals surface area contributed by atoms with Gasteiger partial charge >= 0.3 is 0 Å². The minimum atomic E-state index is -0.471. The molecule has 0 aromatic rings. The fraction of sp³-hybridized carbons (Fsp3) is 0.939. The van der Waals surface area contributed by atoms with E-state index in [9.17, 15) is 9.59 Å². The van der Waals surface area contributed by atoms with Gasteiger partial charge in [0, 0.05) is 19.5 Å². The SMILES string of the molecule is CCCCCCCCCCCCCCCCC(=O)NCCCCC(N)C(=O)NCCCNCCCCNCCCN. The van der Waals surface area contributed by atoms with Crippen LogP contribution in [0.4, 0.5) is 0 Å². The van der Waals surface area contributed by atoms with E-state index in [1.54, 1.807) is 0 Å². The van der Waals surface area contributed by atoms with Crippen LogP contribution in [-0.4, -0.2) is 63.7 Å². The number of nitrogens with one attached hydrogen (secondary N) is 4. The van der Waals surface area contributed by atoms with Crippen LogP contribution in [0, 0.1) is 0 Å². The Labute approximate surface area is 254 Å². The Morgan fingerprint density at radius 3 is 1.56 bits per heavy atom. The van der Waals surface area contributed by atoms with Crippen molar-refractivity contribution in [3.63, 3.8) is 0 Å². The van der Waals surface area contributed by atoms with E-state index in [0.717, 1.165) is 84.1 Å². The lowest BCUT2D eigenvalue weighted by Crippen LogP contribution is -2.41. The monoisotopic (exact) mass is 583 g/mol. The summed E-state index contributed by atoms with van der Waals surface area (Å²) in [4.78, 5) is 24.2. The zero-order valence-electron chi connectivity index (χ0n) is 27.1. The van der Waals surface area contributed by atoms with Crippen molar-refractivity contribution >= 4 is 11.8 Å². The molecule has 0 bridgehead atoms. The van der Waals surface area contributed by atoms with Gasteiger partial charge in [0.25, 0.3) is 0 Å². The molecule has 0 saturated heterocycles. The number of rotatable bonds is 33. The van der Waals surface area contributed by atoms with Crippen LogP contribution in [0.25, 0.3) is 0 Å². The third-order valence-electron chi connectivity index (χ3n) is 7.70. The molecule has 0 aliphatic heterocycles. The molecule has 1 atom stereocenters. The molecule has 0 fully saturated rings. The second kappa shape index (κ2) is 33.3. The maximum Gasteiger partial charge on any atom is 0.236 e. The van der Waals surface area contributed by atoms with E-state index in [4.69, 9.17) is 11.5 Å². The highest BCUT2D eigenvalue weighted by Crippen LogP contribution is 2.13. The first-order valence-corrected chi connectivity index (χ1v) is 17.5. The average molecular weight is 583 g/mol. The molecule has 0 saturated carbocycles. The lowest BCUT2D eigenvalue weighted by molar-refractivity contribution is -0.123. The molecule has 0 spiro atoms. The van der Waals surface area contributed by atoms with Crippen molar-refractivity contribution in [2.24, 2.45) is 11.5 Å². The van der Waals surface area contributed by atoms with Gasteiger partial charge in [-0.1, -0.05) is 90.4 Å². The van der Waals surface area contributed by atoms with E-state index in [2.05, 4.69) is 28.2 Å². The molecule has 2 amide bonds. The molecular weight excluding hydrogens is 512 g/mol. The molecule has 0 aromatic heterocycles. The third-order valence-corrected chi connectivity index (χ3v) is 7.70. The standard InChI is InChI=1S/C33H70N6O2/c1-2-3-4-5-6-7-8-9-10-11-12-13-14-15-23-32(40)38-29-17-16-22-31(35)33(41)39-30-21-28-37-26-19-18-25-36-27-20-24-34/h31,36-37H,2-30,34-35H2,1H3,(H,38,40)(H,39,41). The van der Waals surface area contributed by atoms with Crippen LogP contribution < -0.4 is 32.7 Å². The summed E-state index contributed by atoms with van der Waals surface area (Å²) in [6.07, 6.45) is 25.8. The topological polar surface area (TPSA) is 134 Å². The van der Waals surface area contributed by atoms with Crippen molar-refractivity contribution in [2.75, 3.05) is 45.8 Å². The summed E-state index contributed by atoms with van der Waals surface area (Å²) in [5.41, 5.74) is 11.5. The maximum atomic E-state index is 12.2. The van der Waals surface area contributed by atoms with Crippen LogP contribution in [0.5, 0.6) is 0 Å². The summed E-state index contributed by atoms with van der Waals surface area (Å²) in [5.74, 6) is 0.0779. The Morgan fingerprint density at radius 1 is 0.537 bits per heavy atom. The summed E-state index contributed by atoms with van der Waals surface area (Å²) in [6.45, 7) is 8.28. The molecule has 0 heterocycles. The lowest BCUT2D eigenvalue weighted by Gasteiger charge is -2.12. The van der Waals surface area contributed by atoms with E-state index in [0.29, 0.717) is 25.9 Å². The Morgan fingerprint density at radius 2 is 1.00 bits per heavy atom. The normalized spacial score (nSPS) is 12.0. The predicted octanol–water partition coefficient (Wildman–Crippen LogP) is 5.29. The van der Waals surface area contributed by atoms with Crippen molar-refractivity contribution in [1.82, 2.24) is 21.3 Å². The fourth-order valence-electron chi connectivity index (χ4n) is 4.95. The van der Waals surface area contributed by atoms with E-state index >= 15 is 0 Å². The van der Waals surface area contributed by atoms with Gasteiger partial charge in [-0.15, -0.1) is 0 Å². The van der Waals surface area contributed by atoms with E-state index in [1.165, 1.54) is 77.0 Å². The summed E-state index contributed by atoms with van der Waals surface area (Å²) < 4.78 is 0. The second-order valence-electron chi connectivity index (χ2n) is 11.8. The first kappa shape index (κ1) is 39.8. The molecular formula is C33H70N6O2. The first-order chi connectivity index (χ1) is 20.1. The Bertz CT molecular complexity index is 564. The Balaban J connectivity index is 3.38. The molecule has 8 heteroatoms. The largest absolute Gasteiger partial charge is 0.356 e. The third kappa shape index (κ3) is 31.5. The summed E-state index contributed by atoms with van der Waals surface area (Å²) in [5, 5.41) is 12.8. The fourth-order valence-corrected chi connectivity index (χ4v) is 4.95. The molecule has 0 radical (unpaired) electrons. The second-order valence-corrected chi connectivity index (χ2v) is 11.8. The van der Waals surface area contributed by atoms with Crippen LogP contribution in [0.2, 0.25) is 0 Å². The van der Waals surface area contributed by atoms with Gasteiger partial charge in [-0.05, 0) is 84.1 Å². The summed E-state index contributed by atoms with van der Waals surface area (Å²) in [7, 11) is 0. The van der Waals surface area contributed by atoms with Crippen molar-refractivity contribution in [3.05, 3.63) is 0 Å². The summed E-state index contributed by atoms with van der Waals surface area (Å²) in [6, 6.07) is -0.471. The molecule has 8 N–H and O–H groups in total. The zero-order chi connectivity index (χ0) is 30.1. The molecule has 0 aliphatic carbocycles. The highest BCUT2D eigenvalue weighted by Gasteiger charge is 2.12. The van der Waals surface area contributed by atoms with Crippen molar-refractivity contribution < 1.29 is 9.59 Å². The summed E-state index contributed by atoms with van der Waals surface area (Å²) >= 11 is 0. The molecule has 0 aliphatic rings.